The molecule has 3 heteroatoms. The second-order valence-electron chi connectivity index (χ2n) is 5.96. The maximum absolute atomic E-state index is 5.50. The van der Waals surface area contributed by atoms with Gasteiger partial charge in [0.2, 0.25) is 0 Å². The van der Waals surface area contributed by atoms with E-state index in [1.54, 1.807) is 21.6 Å². The number of thiophene rings is 1. The van der Waals surface area contributed by atoms with Gasteiger partial charge in [0.25, 0.3) is 0 Å². The van der Waals surface area contributed by atoms with Crippen LogP contribution < -0.4 is 0 Å². The van der Waals surface area contributed by atoms with E-state index < -0.39 is 0 Å². The Bertz CT molecular complexity index is 615. The fourth-order valence-corrected chi connectivity index (χ4v) is 4.57. The summed E-state index contributed by atoms with van der Waals surface area (Å²) in [4.78, 5) is 4.15. The molecule has 2 aliphatic rings. The summed E-state index contributed by atoms with van der Waals surface area (Å²) in [6, 6.07) is 11.4. The highest BCUT2D eigenvalue weighted by Crippen LogP contribution is 2.37. The lowest BCUT2D eigenvalue weighted by molar-refractivity contribution is 0.0365. The second-order valence-corrected chi connectivity index (χ2v) is 6.96. The van der Waals surface area contributed by atoms with Crippen LogP contribution in [-0.4, -0.2) is 37.7 Å². The van der Waals surface area contributed by atoms with Crippen LogP contribution in [-0.2, 0) is 17.6 Å². The summed E-state index contributed by atoms with van der Waals surface area (Å²) in [7, 11) is 0. The molecule has 1 atom stereocenters. The van der Waals surface area contributed by atoms with Crippen LogP contribution >= 0.6 is 11.3 Å². The van der Waals surface area contributed by atoms with E-state index in [0.29, 0.717) is 5.92 Å². The van der Waals surface area contributed by atoms with Crippen LogP contribution in [0.3, 0.4) is 0 Å². The summed E-state index contributed by atoms with van der Waals surface area (Å²) in [6.45, 7) is 5.02. The molecule has 4 rings (SSSR count). The van der Waals surface area contributed by atoms with Crippen molar-refractivity contribution in [1.29, 1.82) is 0 Å². The Kier molecular flexibility index (Phi) is 3.80. The van der Waals surface area contributed by atoms with Gasteiger partial charge in [-0.3, -0.25) is 4.90 Å². The number of fused-ring (bicyclic) bond motifs is 2. The molecule has 1 fully saturated rings. The van der Waals surface area contributed by atoms with E-state index >= 15 is 0 Å². The Balaban J connectivity index is 1.70. The molecule has 0 spiro atoms. The number of ether oxygens (including phenoxy) is 1. The van der Waals surface area contributed by atoms with Crippen molar-refractivity contribution in [1.82, 2.24) is 4.90 Å². The molecule has 2 heterocycles. The number of benzene rings is 1. The zero-order valence-electron chi connectivity index (χ0n) is 12.3. The van der Waals surface area contributed by atoms with Gasteiger partial charge < -0.3 is 4.74 Å². The van der Waals surface area contributed by atoms with Crippen LogP contribution in [0.1, 0.15) is 27.5 Å². The minimum atomic E-state index is 0.531. The molecule has 0 bridgehead atoms. The average Bonchev–Trinajstić information content (AvgIpc) is 2.95. The first-order valence-corrected chi connectivity index (χ1v) is 8.74. The minimum absolute atomic E-state index is 0.531. The number of aryl methyl sites for hydroxylation is 2. The topological polar surface area (TPSA) is 12.5 Å². The quantitative estimate of drug-likeness (QED) is 0.843. The van der Waals surface area contributed by atoms with Crippen molar-refractivity contribution in [2.45, 2.75) is 18.8 Å². The van der Waals surface area contributed by atoms with Crippen molar-refractivity contribution in [2.24, 2.45) is 0 Å². The summed E-state index contributed by atoms with van der Waals surface area (Å²) < 4.78 is 5.50. The summed E-state index contributed by atoms with van der Waals surface area (Å²) in [6.07, 6.45) is 2.38. The predicted molar refractivity (Wildman–Crippen MR) is 87.3 cm³/mol. The molecule has 110 valence electrons. The molecule has 1 aliphatic heterocycles. The van der Waals surface area contributed by atoms with Gasteiger partial charge in [0, 0.05) is 30.4 Å². The highest BCUT2D eigenvalue weighted by molar-refractivity contribution is 7.10. The lowest BCUT2D eigenvalue weighted by atomic mass is 9.89. The molecule has 2 nitrogen and oxygen atoms in total. The normalized spacial score (nSPS) is 22.4. The van der Waals surface area contributed by atoms with Gasteiger partial charge in [0.1, 0.15) is 0 Å². The molecule has 1 aromatic carbocycles. The molecule has 1 unspecified atom stereocenters. The summed E-state index contributed by atoms with van der Waals surface area (Å²) in [5.41, 5.74) is 4.65. The van der Waals surface area contributed by atoms with E-state index in [0.717, 1.165) is 32.8 Å². The van der Waals surface area contributed by atoms with E-state index in [1.165, 1.54) is 12.8 Å². The van der Waals surface area contributed by atoms with Crippen molar-refractivity contribution >= 4 is 11.3 Å². The van der Waals surface area contributed by atoms with Crippen molar-refractivity contribution in [2.75, 3.05) is 32.8 Å². The predicted octanol–water partition coefficient (Wildman–Crippen LogP) is 3.31. The van der Waals surface area contributed by atoms with Crippen LogP contribution in [0.5, 0.6) is 0 Å². The third-order valence-electron chi connectivity index (χ3n) is 4.75. The van der Waals surface area contributed by atoms with Crippen molar-refractivity contribution in [3.8, 4) is 0 Å². The molecule has 0 radical (unpaired) electrons. The van der Waals surface area contributed by atoms with E-state index in [9.17, 15) is 0 Å². The molecule has 0 amide bonds. The summed E-state index contributed by atoms with van der Waals surface area (Å²) in [5.74, 6) is 0.531. The van der Waals surface area contributed by atoms with E-state index in [-0.39, 0.29) is 0 Å². The van der Waals surface area contributed by atoms with Gasteiger partial charge in [-0.05, 0) is 41.0 Å². The Labute approximate surface area is 130 Å². The van der Waals surface area contributed by atoms with Gasteiger partial charge in [-0.25, -0.2) is 0 Å². The minimum Gasteiger partial charge on any atom is -0.379 e. The highest BCUT2D eigenvalue weighted by atomic mass is 32.1. The number of nitrogens with zero attached hydrogens (tertiary/aromatic N) is 1. The highest BCUT2D eigenvalue weighted by Gasteiger charge is 2.26. The molecule has 1 saturated heterocycles. The van der Waals surface area contributed by atoms with Crippen molar-refractivity contribution in [3.63, 3.8) is 0 Å². The van der Waals surface area contributed by atoms with Gasteiger partial charge in [0.15, 0.2) is 0 Å². The van der Waals surface area contributed by atoms with E-state index in [2.05, 4.69) is 40.6 Å². The van der Waals surface area contributed by atoms with Gasteiger partial charge in [-0.1, -0.05) is 24.3 Å². The Hall–Kier alpha value is -1.16. The Morgan fingerprint density at radius 3 is 2.81 bits per heavy atom. The zero-order chi connectivity index (χ0) is 14.1. The molecule has 1 aromatic heterocycles. The first-order valence-electron chi connectivity index (χ1n) is 7.86. The fraction of sp³-hybridized carbons (Fsp3) is 0.444. The second kappa shape index (κ2) is 5.91. The maximum Gasteiger partial charge on any atom is 0.0594 e. The third-order valence-corrected chi connectivity index (χ3v) is 5.75. The van der Waals surface area contributed by atoms with Gasteiger partial charge in [0.05, 0.1) is 13.2 Å². The first kappa shape index (κ1) is 13.5. The van der Waals surface area contributed by atoms with Gasteiger partial charge in [-0.15, -0.1) is 11.3 Å². The molecule has 0 saturated carbocycles. The Morgan fingerprint density at radius 1 is 1.05 bits per heavy atom. The smallest absolute Gasteiger partial charge is 0.0594 e. The van der Waals surface area contributed by atoms with Crippen LogP contribution in [0.15, 0.2) is 35.7 Å². The van der Waals surface area contributed by atoms with Crippen LogP contribution in [0.25, 0.3) is 0 Å². The van der Waals surface area contributed by atoms with Crippen LogP contribution in [0, 0.1) is 0 Å². The summed E-state index contributed by atoms with van der Waals surface area (Å²) >= 11 is 1.93. The van der Waals surface area contributed by atoms with Gasteiger partial charge in [-0.2, -0.15) is 0 Å². The lowest BCUT2D eigenvalue weighted by Gasteiger charge is -2.31. The number of rotatable bonds is 2. The standard InChI is InChI=1S/C18H21NOS/c1-2-4-15-14(3-1)5-6-18-16(7-12-21-18)17(15)13-19-8-10-20-11-9-19/h1-4,7,12,17H,5-6,8-11,13H2. The molecular formula is C18H21NOS. The molecule has 21 heavy (non-hydrogen) atoms. The molecule has 2 aromatic rings. The van der Waals surface area contributed by atoms with Crippen LogP contribution in [0.4, 0.5) is 0 Å². The summed E-state index contributed by atoms with van der Waals surface area (Å²) in [5, 5.41) is 2.27. The lowest BCUT2D eigenvalue weighted by Crippen LogP contribution is -2.39. The van der Waals surface area contributed by atoms with Gasteiger partial charge >= 0.3 is 0 Å². The van der Waals surface area contributed by atoms with E-state index in [4.69, 9.17) is 4.74 Å². The first-order chi connectivity index (χ1) is 10.4. The number of hydrogen-bond donors (Lipinski definition) is 0. The van der Waals surface area contributed by atoms with E-state index in [1.807, 2.05) is 11.3 Å². The SMILES string of the molecule is c1ccc2c(c1)CCc1sccc1C2CN1CCOCC1. The van der Waals surface area contributed by atoms with Crippen molar-refractivity contribution in [3.05, 3.63) is 57.3 Å². The zero-order valence-corrected chi connectivity index (χ0v) is 13.1. The maximum atomic E-state index is 5.50. The fourth-order valence-electron chi connectivity index (χ4n) is 3.62. The monoisotopic (exact) mass is 299 g/mol. The third kappa shape index (κ3) is 2.66. The largest absolute Gasteiger partial charge is 0.379 e. The molecular weight excluding hydrogens is 278 g/mol. The molecule has 0 N–H and O–H groups in total. The van der Waals surface area contributed by atoms with Crippen LogP contribution in [0.2, 0.25) is 0 Å². The molecule has 1 aliphatic carbocycles. The number of hydrogen-bond acceptors (Lipinski definition) is 3. The van der Waals surface area contributed by atoms with Crippen molar-refractivity contribution < 1.29 is 4.74 Å². The number of morpholine rings is 1. The average molecular weight is 299 g/mol. The Morgan fingerprint density at radius 2 is 1.90 bits per heavy atom.